The summed E-state index contributed by atoms with van der Waals surface area (Å²) < 4.78 is 24.7. The average molecular weight is 547 g/mol. The van der Waals surface area contributed by atoms with Crippen LogP contribution in [0.25, 0.3) is 10.9 Å². The number of nitrogens with zero attached hydrogens (tertiary/aromatic N) is 2. The highest BCUT2D eigenvalue weighted by Crippen LogP contribution is 2.47. The molecule has 4 aromatic rings. The molecule has 2 heterocycles. The summed E-state index contributed by atoms with van der Waals surface area (Å²) >= 11 is 0. The SMILES string of the molecule is CCOP(=O)(OCC)c1ccc2[nH]c(O)c(C(=Nc3ccc(CN4CCNCC4)cc3)c3ccccc3)c2c1. The molecule has 1 saturated heterocycles. The van der Waals surface area contributed by atoms with E-state index in [0.29, 0.717) is 27.5 Å². The number of aliphatic imine (C=N–C) groups is 1. The van der Waals surface area contributed by atoms with E-state index in [1.54, 1.807) is 32.0 Å². The van der Waals surface area contributed by atoms with Crippen LogP contribution >= 0.6 is 7.60 Å². The van der Waals surface area contributed by atoms with Gasteiger partial charge in [-0.05, 0) is 49.7 Å². The number of aromatic hydroxyl groups is 1. The van der Waals surface area contributed by atoms with Crippen molar-refractivity contribution in [2.45, 2.75) is 20.4 Å². The summed E-state index contributed by atoms with van der Waals surface area (Å²) in [4.78, 5) is 10.5. The number of hydrogen-bond donors (Lipinski definition) is 3. The van der Waals surface area contributed by atoms with E-state index < -0.39 is 7.60 Å². The molecule has 0 unspecified atom stereocenters. The smallest absolute Gasteiger partial charge is 0.361 e. The first-order valence-electron chi connectivity index (χ1n) is 13.4. The molecule has 0 atom stereocenters. The lowest BCUT2D eigenvalue weighted by Crippen LogP contribution is -2.42. The first kappa shape index (κ1) is 27.3. The maximum Gasteiger partial charge on any atom is 0.361 e. The van der Waals surface area contributed by atoms with Crippen molar-refractivity contribution in [1.82, 2.24) is 15.2 Å². The molecule has 9 heteroatoms. The van der Waals surface area contributed by atoms with Crippen molar-refractivity contribution in [1.29, 1.82) is 0 Å². The van der Waals surface area contributed by atoms with Crippen molar-refractivity contribution in [2.75, 3.05) is 39.4 Å². The van der Waals surface area contributed by atoms with Gasteiger partial charge in [-0.2, -0.15) is 0 Å². The second-order valence-electron chi connectivity index (χ2n) is 9.43. The lowest BCUT2D eigenvalue weighted by Gasteiger charge is -2.27. The molecule has 1 aliphatic heterocycles. The number of nitrogens with one attached hydrogen (secondary N) is 2. The quantitative estimate of drug-likeness (QED) is 0.184. The van der Waals surface area contributed by atoms with Crippen LogP contribution in [-0.4, -0.2) is 60.1 Å². The highest BCUT2D eigenvalue weighted by Gasteiger charge is 2.28. The van der Waals surface area contributed by atoms with E-state index in [0.717, 1.165) is 44.0 Å². The summed E-state index contributed by atoms with van der Waals surface area (Å²) in [6, 6.07) is 23.3. The standard InChI is InChI=1S/C30H35N4O4P/c1-3-37-39(36,38-4-2)25-14-15-27-26(20-25)28(30(35)33-27)29(23-8-6-5-7-9-23)32-24-12-10-22(11-13-24)21-34-18-16-31-17-19-34/h5-15,20,31,33,35H,3-4,16-19,21H2,1-2H3. The molecule has 0 aliphatic carbocycles. The number of H-pyrrole nitrogens is 1. The first-order chi connectivity index (χ1) is 19.0. The zero-order valence-electron chi connectivity index (χ0n) is 22.4. The van der Waals surface area contributed by atoms with E-state index in [1.165, 1.54) is 5.56 Å². The Balaban J connectivity index is 1.57. The highest BCUT2D eigenvalue weighted by molar-refractivity contribution is 7.62. The molecule has 1 aromatic heterocycles. The Bertz CT molecular complexity index is 1470. The maximum absolute atomic E-state index is 13.5. The van der Waals surface area contributed by atoms with E-state index in [-0.39, 0.29) is 19.1 Å². The largest absolute Gasteiger partial charge is 0.494 e. The zero-order chi connectivity index (χ0) is 27.2. The molecule has 204 valence electrons. The van der Waals surface area contributed by atoms with Crippen molar-refractivity contribution in [3.63, 3.8) is 0 Å². The fraction of sp³-hybridized carbons (Fsp3) is 0.300. The Morgan fingerprint density at radius 2 is 1.67 bits per heavy atom. The molecule has 8 nitrogen and oxygen atoms in total. The normalized spacial score (nSPS) is 15.2. The zero-order valence-corrected chi connectivity index (χ0v) is 23.3. The third-order valence-corrected chi connectivity index (χ3v) is 8.86. The molecular formula is C30H35N4O4P. The summed E-state index contributed by atoms with van der Waals surface area (Å²) in [7, 11) is -3.52. The van der Waals surface area contributed by atoms with Crippen LogP contribution in [0.5, 0.6) is 5.88 Å². The van der Waals surface area contributed by atoms with E-state index in [4.69, 9.17) is 14.0 Å². The van der Waals surface area contributed by atoms with E-state index in [2.05, 4.69) is 27.3 Å². The van der Waals surface area contributed by atoms with Gasteiger partial charge in [0.1, 0.15) is 0 Å². The first-order valence-corrected chi connectivity index (χ1v) is 15.0. The summed E-state index contributed by atoms with van der Waals surface area (Å²) in [5, 5.41) is 15.6. The third-order valence-electron chi connectivity index (χ3n) is 6.75. The number of fused-ring (bicyclic) bond motifs is 1. The molecule has 0 saturated carbocycles. The Morgan fingerprint density at radius 1 is 0.974 bits per heavy atom. The molecule has 5 rings (SSSR count). The van der Waals surface area contributed by atoms with Gasteiger partial charge in [0.15, 0.2) is 5.88 Å². The van der Waals surface area contributed by atoms with Crippen LogP contribution in [-0.2, 0) is 20.2 Å². The summed E-state index contributed by atoms with van der Waals surface area (Å²) in [5.74, 6) is -0.0114. The number of rotatable bonds is 10. The summed E-state index contributed by atoms with van der Waals surface area (Å²) in [5.41, 5.74) is 4.69. The molecule has 0 bridgehead atoms. The van der Waals surface area contributed by atoms with Gasteiger partial charge in [0, 0.05) is 49.2 Å². The van der Waals surface area contributed by atoms with Crippen molar-refractivity contribution < 1.29 is 18.7 Å². The predicted molar refractivity (Wildman–Crippen MR) is 157 cm³/mol. The molecule has 0 amide bonds. The molecule has 0 spiro atoms. The third kappa shape index (κ3) is 6.16. The van der Waals surface area contributed by atoms with Gasteiger partial charge in [0.25, 0.3) is 0 Å². The number of benzene rings is 3. The van der Waals surface area contributed by atoms with E-state index in [1.807, 2.05) is 42.5 Å². The van der Waals surface area contributed by atoms with Gasteiger partial charge in [0.2, 0.25) is 0 Å². The summed E-state index contributed by atoms with van der Waals surface area (Å²) in [6.07, 6.45) is 0. The number of aromatic nitrogens is 1. The topological polar surface area (TPSA) is 99.2 Å². The van der Waals surface area contributed by atoms with Gasteiger partial charge in [-0.25, -0.2) is 4.99 Å². The molecule has 1 fully saturated rings. The van der Waals surface area contributed by atoms with Crippen LogP contribution < -0.4 is 10.6 Å². The fourth-order valence-corrected chi connectivity index (χ4v) is 6.49. The van der Waals surface area contributed by atoms with E-state index in [9.17, 15) is 9.67 Å². The number of hydrogen-bond acceptors (Lipinski definition) is 7. The van der Waals surface area contributed by atoms with Crippen LogP contribution in [0.3, 0.4) is 0 Å². The van der Waals surface area contributed by atoms with Gasteiger partial charge in [-0.1, -0.05) is 42.5 Å². The number of aromatic amines is 1. The minimum Gasteiger partial charge on any atom is -0.494 e. The van der Waals surface area contributed by atoms with Crippen molar-refractivity contribution in [3.8, 4) is 5.88 Å². The van der Waals surface area contributed by atoms with Gasteiger partial charge in [0.05, 0.1) is 35.5 Å². The van der Waals surface area contributed by atoms with Crippen LogP contribution in [0.2, 0.25) is 0 Å². The number of piperazine rings is 1. The monoisotopic (exact) mass is 546 g/mol. The van der Waals surface area contributed by atoms with Crippen LogP contribution in [0.1, 0.15) is 30.5 Å². The molecule has 3 aromatic carbocycles. The lowest BCUT2D eigenvalue weighted by atomic mass is 10.0. The molecule has 3 N–H and O–H groups in total. The highest BCUT2D eigenvalue weighted by atomic mass is 31.2. The Hall–Kier alpha value is -3.26. The predicted octanol–water partition coefficient (Wildman–Crippen LogP) is 5.34. The van der Waals surface area contributed by atoms with Crippen LogP contribution in [0.4, 0.5) is 5.69 Å². The second-order valence-corrected chi connectivity index (χ2v) is 11.5. The van der Waals surface area contributed by atoms with E-state index >= 15 is 0 Å². The van der Waals surface area contributed by atoms with Gasteiger partial charge in [-0.3, -0.25) is 9.46 Å². The van der Waals surface area contributed by atoms with Gasteiger partial charge < -0.3 is 24.5 Å². The maximum atomic E-state index is 13.5. The van der Waals surface area contributed by atoms with Crippen molar-refractivity contribution in [2.24, 2.45) is 4.99 Å². The van der Waals surface area contributed by atoms with Crippen LogP contribution in [0, 0.1) is 0 Å². The molecule has 39 heavy (non-hydrogen) atoms. The Morgan fingerprint density at radius 3 is 2.33 bits per heavy atom. The Kier molecular flexibility index (Phi) is 8.60. The minimum absolute atomic E-state index is 0.0114. The lowest BCUT2D eigenvalue weighted by molar-refractivity contribution is 0.230. The van der Waals surface area contributed by atoms with Gasteiger partial charge >= 0.3 is 7.60 Å². The minimum atomic E-state index is -3.52. The molecule has 0 radical (unpaired) electrons. The van der Waals surface area contributed by atoms with Crippen LogP contribution in [0.15, 0.2) is 77.8 Å². The molecule has 1 aliphatic rings. The van der Waals surface area contributed by atoms with Gasteiger partial charge in [-0.15, -0.1) is 0 Å². The fourth-order valence-electron chi connectivity index (χ4n) is 4.90. The van der Waals surface area contributed by atoms with Crippen molar-refractivity contribution >= 4 is 35.2 Å². The summed E-state index contributed by atoms with van der Waals surface area (Å²) in [6.45, 7) is 9.10. The molecular weight excluding hydrogens is 511 g/mol. The Labute approximate surface area is 229 Å². The van der Waals surface area contributed by atoms with Crippen molar-refractivity contribution in [3.05, 3.63) is 89.5 Å². The average Bonchev–Trinajstić information content (AvgIpc) is 3.28. The second kappa shape index (κ2) is 12.3.